The van der Waals surface area contributed by atoms with Crippen LogP contribution in [0.1, 0.15) is 35.2 Å². The minimum absolute atomic E-state index is 0.0551. The van der Waals surface area contributed by atoms with Crippen LogP contribution in [0.15, 0.2) is 47.4 Å². The van der Waals surface area contributed by atoms with Crippen molar-refractivity contribution in [1.82, 2.24) is 9.62 Å². The predicted octanol–water partition coefficient (Wildman–Crippen LogP) is 3.58. The van der Waals surface area contributed by atoms with Crippen LogP contribution >= 0.6 is 11.6 Å². The maximum atomic E-state index is 12.9. The van der Waals surface area contributed by atoms with Gasteiger partial charge in [-0.25, -0.2) is 12.8 Å². The molecule has 0 radical (unpaired) electrons. The zero-order valence-electron chi connectivity index (χ0n) is 14.6. The molecule has 1 saturated heterocycles. The molecule has 144 valence electrons. The van der Waals surface area contributed by atoms with Gasteiger partial charge < -0.3 is 5.32 Å². The Balaban J connectivity index is 1.77. The second-order valence-corrected chi connectivity index (χ2v) is 8.73. The van der Waals surface area contributed by atoms with Crippen LogP contribution in [-0.4, -0.2) is 31.7 Å². The molecule has 1 amide bonds. The van der Waals surface area contributed by atoms with E-state index >= 15 is 0 Å². The van der Waals surface area contributed by atoms with Crippen molar-refractivity contribution in [2.75, 3.05) is 13.1 Å². The highest BCUT2D eigenvalue weighted by Crippen LogP contribution is 2.27. The lowest BCUT2D eigenvalue weighted by Gasteiger charge is -2.26. The van der Waals surface area contributed by atoms with Crippen LogP contribution in [0, 0.1) is 5.82 Å². The second kappa shape index (κ2) is 8.37. The van der Waals surface area contributed by atoms with Crippen LogP contribution in [0.2, 0.25) is 5.02 Å². The number of piperidine rings is 1. The van der Waals surface area contributed by atoms with Crippen LogP contribution in [0.5, 0.6) is 0 Å². The highest BCUT2D eigenvalue weighted by molar-refractivity contribution is 7.89. The number of sulfonamides is 1. The number of carbonyl (C=O) groups is 1. The average molecular weight is 411 g/mol. The van der Waals surface area contributed by atoms with Crippen LogP contribution in [0.25, 0.3) is 0 Å². The summed E-state index contributed by atoms with van der Waals surface area (Å²) < 4.78 is 40.1. The molecule has 27 heavy (non-hydrogen) atoms. The fourth-order valence-corrected chi connectivity index (χ4v) is 4.99. The summed E-state index contributed by atoms with van der Waals surface area (Å²) in [5.74, 6) is -0.776. The number of halogens is 2. The van der Waals surface area contributed by atoms with E-state index in [-0.39, 0.29) is 27.8 Å². The molecule has 3 rings (SSSR count). The smallest absolute Gasteiger partial charge is 0.251 e. The molecule has 1 aliphatic heterocycles. The van der Waals surface area contributed by atoms with Crippen molar-refractivity contribution in [2.45, 2.75) is 30.7 Å². The van der Waals surface area contributed by atoms with Gasteiger partial charge in [0.1, 0.15) is 10.7 Å². The second-order valence-electron chi connectivity index (χ2n) is 6.42. The lowest BCUT2D eigenvalue weighted by molar-refractivity contribution is 0.0950. The van der Waals surface area contributed by atoms with E-state index in [0.717, 1.165) is 24.8 Å². The van der Waals surface area contributed by atoms with E-state index < -0.39 is 15.9 Å². The van der Waals surface area contributed by atoms with E-state index in [0.29, 0.717) is 13.1 Å². The van der Waals surface area contributed by atoms with Gasteiger partial charge in [0, 0.05) is 25.2 Å². The SMILES string of the molecule is O=C(NCc1ccc(F)cc1)c1ccc(Cl)c(S(=O)(=O)N2CCCCC2)c1. The summed E-state index contributed by atoms with van der Waals surface area (Å²) >= 11 is 6.12. The third-order valence-corrected chi connectivity index (χ3v) is 6.87. The van der Waals surface area contributed by atoms with Crippen molar-refractivity contribution in [1.29, 1.82) is 0 Å². The van der Waals surface area contributed by atoms with Gasteiger partial charge in [0.05, 0.1) is 5.02 Å². The first-order valence-corrected chi connectivity index (χ1v) is 10.5. The van der Waals surface area contributed by atoms with Crippen LogP contribution < -0.4 is 5.32 Å². The van der Waals surface area contributed by atoms with Crippen LogP contribution in [0.4, 0.5) is 4.39 Å². The number of amides is 1. The number of carbonyl (C=O) groups excluding carboxylic acids is 1. The summed E-state index contributed by atoms with van der Waals surface area (Å²) in [6.45, 7) is 1.12. The Morgan fingerprint density at radius 3 is 2.41 bits per heavy atom. The topological polar surface area (TPSA) is 66.5 Å². The Morgan fingerprint density at radius 1 is 1.07 bits per heavy atom. The van der Waals surface area contributed by atoms with Gasteiger partial charge >= 0.3 is 0 Å². The Labute approximate surface area is 163 Å². The Hall–Kier alpha value is -1.96. The van der Waals surface area contributed by atoms with Gasteiger partial charge in [-0.05, 0) is 48.7 Å². The molecular formula is C19H20ClFN2O3S. The maximum Gasteiger partial charge on any atom is 0.251 e. The largest absolute Gasteiger partial charge is 0.348 e. The lowest BCUT2D eigenvalue weighted by atomic mass is 10.2. The molecule has 2 aromatic carbocycles. The normalized spacial score (nSPS) is 15.5. The molecule has 0 saturated carbocycles. The number of hydrogen-bond donors (Lipinski definition) is 1. The third kappa shape index (κ3) is 4.66. The fourth-order valence-electron chi connectivity index (χ4n) is 2.97. The first-order chi connectivity index (χ1) is 12.9. The average Bonchev–Trinajstić information content (AvgIpc) is 2.68. The minimum atomic E-state index is -3.74. The third-order valence-electron chi connectivity index (χ3n) is 4.49. The molecule has 0 atom stereocenters. The molecule has 1 fully saturated rings. The lowest BCUT2D eigenvalue weighted by Crippen LogP contribution is -2.36. The van der Waals surface area contributed by atoms with Crippen molar-refractivity contribution >= 4 is 27.5 Å². The summed E-state index contributed by atoms with van der Waals surface area (Å²) in [6, 6.07) is 9.99. The van der Waals surface area contributed by atoms with Crippen LogP contribution in [0.3, 0.4) is 0 Å². The molecule has 0 unspecified atom stereocenters. The molecule has 0 aromatic heterocycles. The number of benzene rings is 2. The summed E-state index contributed by atoms with van der Waals surface area (Å²) in [7, 11) is -3.74. The van der Waals surface area contributed by atoms with E-state index in [4.69, 9.17) is 11.6 Å². The monoisotopic (exact) mass is 410 g/mol. The van der Waals surface area contributed by atoms with Gasteiger partial charge in [-0.3, -0.25) is 4.79 Å². The molecule has 5 nitrogen and oxygen atoms in total. The van der Waals surface area contributed by atoms with E-state index in [1.165, 1.54) is 34.6 Å². The highest BCUT2D eigenvalue weighted by Gasteiger charge is 2.28. The highest BCUT2D eigenvalue weighted by atomic mass is 35.5. The number of nitrogens with one attached hydrogen (secondary N) is 1. The van der Waals surface area contributed by atoms with Crippen molar-refractivity contribution in [3.8, 4) is 0 Å². The maximum absolute atomic E-state index is 12.9. The standard InChI is InChI=1S/C19H20ClFN2O3S/c20-17-9-6-15(19(24)22-13-14-4-7-16(21)8-5-14)12-18(17)27(25,26)23-10-2-1-3-11-23/h4-9,12H,1-3,10-11,13H2,(H,22,24). The first kappa shape index (κ1) is 19.8. The van der Waals surface area contributed by atoms with E-state index in [2.05, 4.69) is 5.32 Å². The van der Waals surface area contributed by atoms with E-state index in [9.17, 15) is 17.6 Å². The van der Waals surface area contributed by atoms with Gasteiger partial charge in [0.2, 0.25) is 10.0 Å². The Morgan fingerprint density at radius 2 is 1.74 bits per heavy atom. The molecule has 1 heterocycles. The van der Waals surface area contributed by atoms with E-state index in [1.807, 2.05) is 0 Å². The molecule has 0 bridgehead atoms. The number of rotatable bonds is 5. The van der Waals surface area contributed by atoms with Crippen molar-refractivity contribution in [3.63, 3.8) is 0 Å². The van der Waals surface area contributed by atoms with Gasteiger partial charge in [0.25, 0.3) is 5.91 Å². The molecule has 8 heteroatoms. The molecule has 1 N–H and O–H groups in total. The zero-order chi connectivity index (χ0) is 19.4. The first-order valence-electron chi connectivity index (χ1n) is 8.70. The summed E-state index contributed by atoms with van der Waals surface area (Å²) in [5.41, 5.74) is 0.942. The Bertz CT molecular complexity index is 926. The Kier molecular flexibility index (Phi) is 6.14. The fraction of sp³-hybridized carbons (Fsp3) is 0.316. The number of nitrogens with zero attached hydrogens (tertiary/aromatic N) is 1. The van der Waals surface area contributed by atoms with Gasteiger partial charge in [-0.1, -0.05) is 30.2 Å². The summed E-state index contributed by atoms with van der Waals surface area (Å²) in [5, 5.41) is 2.79. The molecule has 0 aliphatic carbocycles. The zero-order valence-corrected chi connectivity index (χ0v) is 16.2. The minimum Gasteiger partial charge on any atom is -0.348 e. The predicted molar refractivity (Wildman–Crippen MR) is 102 cm³/mol. The quantitative estimate of drug-likeness (QED) is 0.819. The van der Waals surface area contributed by atoms with Gasteiger partial charge in [-0.2, -0.15) is 4.31 Å². The van der Waals surface area contributed by atoms with E-state index in [1.54, 1.807) is 12.1 Å². The number of hydrogen-bond acceptors (Lipinski definition) is 3. The summed E-state index contributed by atoms with van der Waals surface area (Å²) in [4.78, 5) is 12.4. The van der Waals surface area contributed by atoms with Gasteiger partial charge in [0.15, 0.2) is 0 Å². The van der Waals surface area contributed by atoms with Gasteiger partial charge in [-0.15, -0.1) is 0 Å². The summed E-state index contributed by atoms with van der Waals surface area (Å²) in [6.07, 6.45) is 2.63. The molecular weight excluding hydrogens is 391 g/mol. The van der Waals surface area contributed by atoms with Crippen molar-refractivity contribution < 1.29 is 17.6 Å². The molecule has 2 aromatic rings. The van der Waals surface area contributed by atoms with Crippen molar-refractivity contribution in [2.24, 2.45) is 0 Å². The molecule has 1 aliphatic rings. The van der Waals surface area contributed by atoms with Crippen LogP contribution in [-0.2, 0) is 16.6 Å². The molecule has 0 spiro atoms. The van der Waals surface area contributed by atoms with Crippen molar-refractivity contribution in [3.05, 3.63) is 64.4 Å².